The van der Waals surface area contributed by atoms with E-state index in [1.165, 1.54) is 6.92 Å². The monoisotopic (exact) mass is 368 g/mol. The Morgan fingerprint density at radius 2 is 0.952 bits per heavy atom. The Morgan fingerprint density at radius 3 is 1.10 bits per heavy atom. The summed E-state index contributed by atoms with van der Waals surface area (Å²) in [6.07, 6.45) is -0.229. The summed E-state index contributed by atoms with van der Waals surface area (Å²) in [4.78, 5) is 62.4. The van der Waals surface area contributed by atoms with Crippen molar-refractivity contribution in [1.29, 1.82) is 0 Å². The van der Waals surface area contributed by atoms with Crippen molar-refractivity contribution >= 4 is 23.5 Å². The van der Waals surface area contributed by atoms with E-state index in [0.717, 1.165) is 0 Å². The fraction of sp³-hybridized carbons (Fsp3) is 1.00. The van der Waals surface area contributed by atoms with Crippen LogP contribution >= 0.6 is 23.5 Å². The van der Waals surface area contributed by atoms with Gasteiger partial charge in [-0.1, -0.05) is 6.92 Å². The molecule has 0 aromatic rings. The third kappa shape index (κ3) is 11.5. The van der Waals surface area contributed by atoms with E-state index in [4.69, 9.17) is 0 Å². The molecule has 0 aromatic heterocycles. The Hall–Kier alpha value is 0.330. The summed E-state index contributed by atoms with van der Waals surface area (Å²) >= 11 is 0. The molecule has 0 saturated heterocycles. The summed E-state index contributed by atoms with van der Waals surface area (Å²) in [6, 6.07) is 0. The molecule has 0 aliphatic rings. The van der Waals surface area contributed by atoms with Gasteiger partial charge in [0, 0.05) is 5.41 Å². The zero-order valence-corrected chi connectivity index (χ0v) is 13.3. The quantitative estimate of drug-likeness (QED) is 0.336. The Kier molecular flexibility index (Phi) is 7.86. The summed E-state index contributed by atoms with van der Waals surface area (Å²) in [5.41, 5.74) is -1.82. The molecule has 0 unspecified atom stereocenters. The summed E-state index contributed by atoms with van der Waals surface area (Å²) in [7, 11) is -16.4. The minimum atomic E-state index is -5.47. The van der Waals surface area contributed by atoms with E-state index in [1.807, 2.05) is 0 Å². The molecule has 0 bridgehead atoms. The van der Waals surface area contributed by atoms with Crippen LogP contribution in [0.4, 0.5) is 0 Å². The van der Waals surface area contributed by atoms with Gasteiger partial charge < -0.3 is 56.6 Å². The second kappa shape index (κ2) is 7.74. The Morgan fingerprint density at radius 1 is 0.714 bits per heavy atom. The smallest absolute Gasteiger partial charge is 0.0619 e. The number of phosphoric ester groups is 3. The zero-order chi connectivity index (χ0) is 16.9. The number of phosphoric acid groups is 3. The lowest BCUT2D eigenvalue weighted by atomic mass is 9.88. The van der Waals surface area contributed by atoms with E-state index in [0.29, 0.717) is 0 Å². The predicted molar refractivity (Wildman–Crippen MR) is 53.4 cm³/mol. The fourth-order valence-electron chi connectivity index (χ4n) is 1.08. The standard InChI is InChI=1S/C6H17O12P3/c1-2-6(3-16-19(7,8)9,4-17-20(10,11)12)5-18-21(13,14)15/h2-5H2,1H3,(H2,7,8,9)(H2,10,11,12)(H2,13,14,15)/p-6. The van der Waals surface area contributed by atoms with Gasteiger partial charge in [-0.3, -0.25) is 0 Å². The van der Waals surface area contributed by atoms with Crippen LogP contribution in [-0.2, 0) is 27.3 Å². The fourth-order valence-corrected chi connectivity index (χ4v) is 2.38. The van der Waals surface area contributed by atoms with Crippen LogP contribution in [0.25, 0.3) is 0 Å². The van der Waals surface area contributed by atoms with Crippen molar-refractivity contribution < 1.29 is 56.6 Å². The van der Waals surface area contributed by atoms with E-state index in [1.54, 1.807) is 0 Å². The van der Waals surface area contributed by atoms with Crippen molar-refractivity contribution in [3.8, 4) is 0 Å². The van der Waals surface area contributed by atoms with Crippen molar-refractivity contribution in [2.24, 2.45) is 5.41 Å². The summed E-state index contributed by atoms with van der Waals surface area (Å²) < 4.78 is 43.0. The van der Waals surface area contributed by atoms with Gasteiger partial charge in [-0.2, -0.15) is 0 Å². The molecular formula is C6H11O12P3-6. The summed E-state index contributed by atoms with van der Waals surface area (Å²) in [5, 5.41) is 0. The summed E-state index contributed by atoms with van der Waals surface area (Å²) in [5.74, 6) is 0. The Labute approximate surface area is 119 Å². The SMILES string of the molecule is CCC(COP(=O)([O-])[O-])(COP(=O)([O-])[O-])COP(=O)([O-])[O-]. The maximum absolute atomic E-state index is 10.4. The van der Waals surface area contributed by atoms with Crippen LogP contribution in [-0.4, -0.2) is 19.8 Å². The maximum atomic E-state index is 10.4. The second-order valence-electron chi connectivity index (χ2n) is 4.02. The first kappa shape index (κ1) is 21.3. The van der Waals surface area contributed by atoms with Crippen LogP contribution < -0.4 is 29.4 Å². The minimum Gasteiger partial charge on any atom is -0.790 e. The highest BCUT2D eigenvalue weighted by atomic mass is 31.2. The van der Waals surface area contributed by atoms with Gasteiger partial charge in [0.2, 0.25) is 0 Å². The molecule has 128 valence electrons. The van der Waals surface area contributed by atoms with Gasteiger partial charge in [0.1, 0.15) is 0 Å². The number of rotatable bonds is 10. The molecular weight excluding hydrogens is 357 g/mol. The summed E-state index contributed by atoms with van der Waals surface area (Å²) in [6.45, 7) is -1.80. The third-order valence-electron chi connectivity index (χ3n) is 2.34. The molecule has 0 amide bonds. The van der Waals surface area contributed by atoms with Crippen LogP contribution in [0, 0.1) is 5.41 Å². The van der Waals surface area contributed by atoms with E-state index < -0.39 is 48.7 Å². The molecule has 21 heavy (non-hydrogen) atoms. The number of hydrogen-bond acceptors (Lipinski definition) is 12. The average molecular weight is 368 g/mol. The van der Waals surface area contributed by atoms with E-state index in [-0.39, 0.29) is 6.42 Å². The average Bonchev–Trinajstić information content (AvgIpc) is 2.25. The zero-order valence-electron chi connectivity index (χ0n) is 10.6. The normalized spacial score (nSPS) is 14.4. The lowest BCUT2D eigenvalue weighted by Crippen LogP contribution is -2.39. The highest BCUT2D eigenvalue weighted by Crippen LogP contribution is 2.38. The lowest BCUT2D eigenvalue weighted by Gasteiger charge is -2.41. The molecule has 0 rings (SSSR count). The van der Waals surface area contributed by atoms with Crippen molar-refractivity contribution in [2.45, 2.75) is 13.3 Å². The van der Waals surface area contributed by atoms with Crippen molar-refractivity contribution in [3.05, 3.63) is 0 Å². The molecule has 0 aliphatic heterocycles. The van der Waals surface area contributed by atoms with Crippen LogP contribution in [0.3, 0.4) is 0 Å². The van der Waals surface area contributed by atoms with E-state index >= 15 is 0 Å². The molecule has 0 radical (unpaired) electrons. The highest BCUT2D eigenvalue weighted by molar-refractivity contribution is 7.43. The van der Waals surface area contributed by atoms with Gasteiger partial charge in [-0.15, -0.1) is 0 Å². The van der Waals surface area contributed by atoms with Crippen molar-refractivity contribution in [1.82, 2.24) is 0 Å². The molecule has 0 aromatic carbocycles. The molecule has 12 nitrogen and oxygen atoms in total. The Balaban J connectivity index is 5.03. The molecule has 0 atom stereocenters. The highest BCUT2D eigenvalue weighted by Gasteiger charge is 2.31. The largest absolute Gasteiger partial charge is 0.790 e. The lowest BCUT2D eigenvalue weighted by molar-refractivity contribution is -0.347. The van der Waals surface area contributed by atoms with Crippen LogP contribution in [0.15, 0.2) is 0 Å². The topological polar surface area (TPSA) is 217 Å². The van der Waals surface area contributed by atoms with Gasteiger partial charge in [-0.25, -0.2) is 0 Å². The number of hydrogen-bond donors (Lipinski definition) is 0. The maximum Gasteiger partial charge on any atom is 0.0619 e. The van der Waals surface area contributed by atoms with E-state index in [9.17, 15) is 43.1 Å². The van der Waals surface area contributed by atoms with Gasteiger partial charge >= 0.3 is 0 Å². The van der Waals surface area contributed by atoms with Crippen LogP contribution in [0.2, 0.25) is 0 Å². The Bertz CT molecular complexity index is 393. The molecule has 15 heteroatoms. The molecule has 0 saturated carbocycles. The first-order chi connectivity index (χ1) is 9.18. The van der Waals surface area contributed by atoms with Crippen molar-refractivity contribution in [3.63, 3.8) is 0 Å². The van der Waals surface area contributed by atoms with Gasteiger partial charge in [0.05, 0.1) is 43.3 Å². The van der Waals surface area contributed by atoms with Crippen molar-refractivity contribution in [2.75, 3.05) is 19.8 Å². The predicted octanol–water partition coefficient (Wildman–Crippen LogP) is -4.08. The van der Waals surface area contributed by atoms with E-state index in [2.05, 4.69) is 13.6 Å². The second-order valence-corrected chi connectivity index (χ2v) is 7.47. The molecule has 0 heterocycles. The van der Waals surface area contributed by atoms with Gasteiger partial charge in [0.25, 0.3) is 0 Å². The first-order valence-electron chi connectivity index (χ1n) is 5.18. The van der Waals surface area contributed by atoms with Gasteiger partial charge in [-0.05, 0) is 6.42 Å². The van der Waals surface area contributed by atoms with Crippen LogP contribution in [0.5, 0.6) is 0 Å². The van der Waals surface area contributed by atoms with Crippen LogP contribution in [0.1, 0.15) is 13.3 Å². The third-order valence-corrected chi connectivity index (χ3v) is 3.67. The molecule has 0 spiro atoms. The minimum absolute atomic E-state index is 0.229. The molecule has 0 N–H and O–H groups in total. The van der Waals surface area contributed by atoms with Gasteiger partial charge in [0.15, 0.2) is 0 Å². The first-order valence-corrected chi connectivity index (χ1v) is 9.56. The molecule has 0 fully saturated rings. The molecule has 0 aliphatic carbocycles.